The topological polar surface area (TPSA) is 22.1 Å². The highest BCUT2D eigenvalue weighted by atomic mass is 35.5. The first kappa shape index (κ1) is 10.7. The lowest BCUT2D eigenvalue weighted by Crippen LogP contribution is -2.25. The molecule has 1 aliphatic heterocycles. The number of fused-ring (bicyclic) bond motifs is 1. The smallest absolute Gasteiger partial charge is 0.132 e. The van der Waals surface area contributed by atoms with Crippen LogP contribution in [0.4, 0.5) is 0 Å². The van der Waals surface area contributed by atoms with Crippen molar-refractivity contribution in [1.82, 2.24) is 4.98 Å². The van der Waals surface area contributed by atoms with Gasteiger partial charge in [0, 0.05) is 17.8 Å². The van der Waals surface area contributed by atoms with E-state index in [9.17, 15) is 0 Å². The number of hydrogen-bond acceptors (Lipinski definition) is 2. The maximum absolute atomic E-state index is 5.85. The Bertz CT molecular complexity index is 370. The van der Waals surface area contributed by atoms with E-state index in [1.807, 2.05) is 12.3 Å². The van der Waals surface area contributed by atoms with Gasteiger partial charge in [0.25, 0.3) is 0 Å². The summed E-state index contributed by atoms with van der Waals surface area (Å²) in [6, 6.07) is 1.81. The lowest BCUT2D eigenvalue weighted by Gasteiger charge is -2.35. The number of hydrogen-bond donors (Lipinski definition) is 0. The van der Waals surface area contributed by atoms with Crippen molar-refractivity contribution in [1.29, 1.82) is 0 Å². The lowest BCUT2D eigenvalue weighted by atomic mass is 9.74. The van der Waals surface area contributed by atoms with Crippen molar-refractivity contribution in [3.8, 4) is 5.75 Å². The molecule has 1 aliphatic rings. The minimum Gasteiger partial charge on any atom is -0.493 e. The predicted molar refractivity (Wildman–Crippen MR) is 61.6 cm³/mol. The Morgan fingerprint density at radius 3 is 2.87 bits per heavy atom. The first-order valence-electron chi connectivity index (χ1n) is 5.27. The van der Waals surface area contributed by atoms with Gasteiger partial charge in [0.2, 0.25) is 0 Å². The Hall–Kier alpha value is -0.760. The molecule has 0 bridgehead atoms. The summed E-state index contributed by atoms with van der Waals surface area (Å²) in [7, 11) is 0. The maximum Gasteiger partial charge on any atom is 0.132 e. The molecule has 0 radical (unpaired) electrons. The molecule has 1 aromatic heterocycles. The molecular formula is C12H16ClNO. The largest absolute Gasteiger partial charge is 0.493 e. The first-order chi connectivity index (χ1) is 6.98. The fraction of sp³-hybridized carbons (Fsp3) is 0.583. The molecule has 0 spiro atoms. The Labute approximate surface area is 95.6 Å². The van der Waals surface area contributed by atoms with Gasteiger partial charge in [-0.05, 0) is 17.8 Å². The van der Waals surface area contributed by atoms with E-state index >= 15 is 0 Å². The van der Waals surface area contributed by atoms with Crippen molar-refractivity contribution in [2.75, 3.05) is 6.61 Å². The summed E-state index contributed by atoms with van der Waals surface area (Å²) in [5, 5.41) is 0.503. The number of halogens is 1. The van der Waals surface area contributed by atoms with E-state index in [1.54, 1.807) is 0 Å². The van der Waals surface area contributed by atoms with E-state index in [-0.39, 0.29) is 5.41 Å². The monoisotopic (exact) mass is 225 g/mol. The number of rotatable bonds is 0. The van der Waals surface area contributed by atoms with E-state index in [4.69, 9.17) is 16.3 Å². The molecule has 0 amide bonds. The SMILES string of the molecule is CC(C)(C)[C@@H]1CCOc2cc(Cl)ncc21. The van der Waals surface area contributed by atoms with Gasteiger partial charge >= 0.3 is 0 Å². The average molecular weight is 226 g/mol. The maximum atomic E-state index is 5.85. The van der Waals surface area contributed by atoms with Crippen LogP contribution in [0.3, 0.4) is 0 Å². The quantitative estimate of drug-likeness (QED) is 0.629. The summed E-state index contributed by atoms with van der Waals surface area (Å²) in [6.07, 6.45) is 2.91. The number of aromatic nitrogens is 1. The highest BCUT2D eigenvalue weighted by Gasteiger charge is 2.31. The molecule has 0 saturated carbocycles. The van der Waals surface area contributed by atoms with E-state index < -0.39 is 0 Å². The van der Waals surface area contributed by atoms with Crippen LogP contribution in [0.15, 0.2) is 12.3 Å². The molecule has 0 aromatic carbocycles. The van der Waals surface area contributed by atoms with Gasteiger partial charge in [-0.15, -0.1) is 0 Å². The molecule has 2 nitrogen and oxygen atoms in total. The van der Waals surface area contributed by atoms with Crippen LogP contribution < -0.4 is 4.74 Å². The third kappa shape index (κ3) is 2.10. The van der Waals surface area contributed by atoms with Crippen molar-refractivity contribution in [2.24, 2.45) is 5.41 Å². The zero-order chi connectivity index (χ0) is 11.1. The van der Waals surface area contributed by atoms with Gasteiger partial charge in [-0.3, -0.25) is 0 Å². The minimum absolute atomic E-state index is 0.244. The van der Waals surface area contributed by atoms with E-state index in [2.05, 4.69) is 25.8 Å². The average Bonchev–Trinajstić information content (AvgIpc) is 2.15. The molecule has 1 aromatic rings. The molecule has 0 aliphatic carbocycles. The number of ether oxygens (including phenoxy) is 1. The highest BCUT2D eigenvalue weighted by Crippen LogP contribution is 2.44. The van der Waals surface area contributed by atoms with Crippen LogP contribution >= 0.6 is 11.6 Å². The summed E-state index contributed by atoms with van der Waals surface area (Å²) in [5.41, 5.74) is 1.44. The van der Waals surface area contributed by atoms with Crippen molar-refractivity contribution < 1.29 is 4.74 Å². The zero-order valence-corrected chi connectivity index (χ0v) is 10.1. The Balaban J connectivity index is 2.43. The minimum atomic E-state index is 0.244. The van der Waals surface area contributed by atoms with Gasteiger partial charge in [0.1, 0.15) is 10.9 Å². The van der Waals surface area contributed by atoms with Crippen molar-refractivity contribution in [3.63, 3.8) is 0 Å². The Kier molecular flexibility index (Phi) is 2.63. The molecule has 82 valence electrons. The van der Waals surface area contributed by atoms with Crippen molar-refractivity contribution in [2.45, 2.75) is 33.1 Å². The second kappa shape index (κ2) is 3.67. The van der Waals surface area contributed by atoms with Crippen LogP contribution in [-0.4, -0.2) is 11.6 Å². The third-order valence-corrected chi connectivity index (χ3v) is 3.15. The van der Waals surface area contributed by atoms with Crippen LogP contribution in [0.25, 0.3) is 0 Å². The summed E-state index contributed by atoms with van der Waals surface area (Å²) in [4.78, 5) is 4.14. The third-order valence-electron chi connectivity index (χ3n) is 2.95. The van der Waals surface area contributed by atoms with E-state index in [1.165, 1.54) is 5.56 Å². The second-order valence-corrected chi connectivity index (χ2v) is 5.49. The van der Waals surface area contributed by atoms with Gasteiger partial charge in [-0.1, -0.05) is 32.4 Å². The molecule has 15 heavy (non-hydrogen) atoms. The van der Waals surface area contributed by atoms with Crippen LogP contribution in [-0.2, 0) is 0 Å². The molecule has 2 heterocycles. The Morgan fingerprint density at radius 2 is 2.20 bits per heavy atom. The van der Waals surface area contributed by atoms with Crippen molar-refractivity contribution >= 4 is 11.6 Å². The molecule has 2 rings (SSSR count). The van der Waals surface area contributed by atoms with Gasteiger partial charge in [0.15, 0.2) is 0 Å². The molecule has 0 fully saturated rings. The summed E-state index contributed by atoms with van der Waals surface area (Å²) < 4.78 is 5.61. The molecular weight excluding hydrogens is 210 g/mol. The highest BCUT2D eigenvalue weighted by molar-refractivity contribution is 6.29. The van der Waals surface area contributed by atoms with Crippen LogP contribution in [0, 0.1) is 5.41 Å². The standard InChI is InChI=1S/C12H16ClNO/c1-12(2,3)9-4-5-15-10-6-11(13)14-7-8(9)10/h6-7,9H,4-5H2,1-3H3/t9-/m1/s1. The molecule has 0 N–H and O–H groups in total. The van der Waals surface area contributed by atoms with Gasteiger partial charge < -0.3 is 4.74 Å². The summed E-state index contributed by atoms with van der Waals surface area (Å²) >= 11 is 5.85. The first-order valence-corrected chi connectivity index (χ1v) is 5.64. The van der Waals surface area contributed by atoms with E-state index in [0.717, 1.165) is 18.8 Å². The fourth-order valence-electron chi connectivity index (χ4n) is 2.15. The van der Waals surface area contributed by atoms with Crippen LogP contribution in [0.1, 0.15) is 38.7 Å². The van der Waals surface area contributed by atoms with Crippen LogP contribution in [0.2, 0.25) is 5.15 Å². The zero-order valence-electron chi connectivity index (χ0n) is 9.38. The van der Waals surface area contributed by atoms with Gasteiger partial charge in [0.05, 0.1) is 6.61 Å². The predicted octanol–water partition coefficient (Wildman–Crippen LogP) is 3.65. The Morgan fingerprint density at radius 1 is 1.47 bits per heavy atom. The van der Waals surface area contributed by atoms with Gasteiger partial charge in [-0.2, -0.15) is 0 Å². The summed E-state index contributed by atoms with van der Waals surface area (Å²) in [5.74, 6) is 1.41. The number of pyridine rings is 1. The molecule has 0 saturated heterocycles. The molecule has 3 heteroatoms. The number of nitrogens with zero attached hydrogens (tertiary/aromatic N) is 1. The van der Waals surface area contributed by atoms with Crippen molar-refractivity contribution in [3.05, 3.63) is 23.0 Å². The normalized spacial score (nSPS) is 20.7. The summed E-state index contributed by atoms with van der Waals surface area (Å²) in [6.45, 7) is 7.53. The fourth-order valence-corrected chi connectivity index (χ4v) is 2.30. The molecule has 0 unspecified atom stereocenters. The van der Waals surface area contributed by atoms with E-state index in [0.29, 0.717) is 11.1 Å². The van der Waals surface area contributed by atoms with Crippen LogP contribution in [0.5, 0.6) is 5.75 Å². The van der Waals surface area contributed by atoms with Gasteiger partial charge in [-0.25, -0.2) is 4.98 Å². The lowest BCUT2D eigenvalue weighted by molar-refractivity contribution is 0.203. The second-order valence-electron chi connectivity index (χ2n) is 5.10. The molecule has 1 atom stereocenters.